The quantitative estimate of drug-likeness (QED) is 0.376. The summed E-state index contributed by atoms with van der Waals surface area (Å²) >= 11 is 6.30. The van der Waals surface area contributed by atoms with Crippen LogP contribution >= 0.6 is 11.6 Å². The number of nitrogens with zero attached hydrogens (tertiary/aromatic N) is 5. The summed E-state index contributed by atoms with van der Waals surface area (Å²) in [4.78, 5) is 7.38. The first-order chi connectivity index (χ1) is 15.2. The summed E-state index contributed by atoms with van der Waals surface area (Å²) in [6.45, 7) is 3.78. The molecule has 5 nitrogen and oxygen atoms in total. The van der Waals surface area contributed by atoms with Gasteiger partial charge in [0.05, 0.1) is 5.52 Å². The van der Waals surface area contributed by atoms with Gasteiger partial charge in [0.25, 0.3) is 0 Å². The van der Waals surface area contributed by atoms with Crippen LogP contribution in [0.4, 0.5) is 5.95 Å². The van der Waals surface area contributed by atoms with Crippen molar-refractivity contribution in [3.8, 4) is 11.4 Å². The van der Waals surface area contributed by atoms with E-state index < -0.39 is 0 Å². The van der Waals surface area contributed by atoms with E-state index in [0.717, 1.165) is 53.4 Å². The van der Waals surface area contributed by atoms with E-state index in [0.29, 0.717) is 5.02 Å². The van der Waals surface area contributed by atoms with Crippen molar-refractivity contribution in [1.82, 2.24) is 19.6 Å². The molecule has 1 aliphatic heterocycles. The lowest BCUT2D eigenvalue weighted by atomic mass is 10.0. The zero-order chi connectivity index (χ0) is 20.9. The lowest BCUT2D eigenvalue weighted by molar-refractivity contribution is 0.704. The standard InChI is InChI=1S/C25H20ClN5/c1-16-5-4-8-18(13-16)23-28-29-24-21-10-9-20(26)14-22(21)27-25(31(23)24)30-12-11-17-6-2-3-7-19(17)15-30/h2-10,13-14H,11-12,15H2,1H3. The minimum atomic E-state index is 0.665. The van der Waals surface area contributed by atoms with Crippen LogP contribution in [0.2, 0.25) is 5.02 Å². The molecule has 0 amide bonds. The predicted octanol–water partition coefficient (Wildman–Crippen LogP) is 5.47. The third kappa shape index (κ3) is 3.04. The first kappa shape index (κ1) is 18.3. The molecule has 6 heteroatoms. The van der Waals surface area contributed by atoms with Crippen LogP contribution in [-0.2, 0) is 13.0 Å². The Bertz CT molecular complexity index is 1460. The molecule has 0 saturated heterocycles. The number of benzene rings is 3. The number of rotatable bonds is 2. The van der Waals surface area contributed by atoms with Crippen molar-refractivity contribution in [2.45, 2.75) is 19.9 Å². The summed E-state index contributed by atoms with van der Waals surface area (Å²) < 4.78 is 2.10. The SMILES string of the molecule is Cc1cccc(-c2nnc3c4ccc(Cl)cc4nc(N4CCc5ccccc5C4)n23)c1. The molecule has 152 valence electrons. The molecule has 0 saturated carbocycles. The van der Waals surface area contributed by atoms with Crippen molar-refractivity contribution in [3.05, 3.63) is 88.4 Å². The molecule has 0 atom stereocenters. The van der Waals surface area contributed by atoms with Crippen LogP contribution in [0, 0.1) is 6.92 Å². The third-order valence-corrected chi connectivity index (χ3v) is 6.21. The Balaban J connectivity index is 1.62. The maximum Gasteiger partial charge on any atom is 0.214 e. The molecule has 0 radical (unpaired) electrons. The molecule has 1 aliphatic rings. The summed E-state index contributed by atoms with van der Waals surface area (Å²) in [7, 11) is 0. The molecular formula is C25H20ClN5. The van der Waals surface area contributed by atoms with Crippen molar-refractivity contribution in [3.63, 3.8) is 0 Å². The van der Waals surface area contributed by atoms with Crippen molar-refractivity contribution in [1.29, 1.82) is 0 Å². The molecular weight excluding hydrogens is 406 g/mol. The van der Waals surface area contributed by atoms with Gasteiger partial charge in [-0.1, -0.05) is 59.6 Å². The lowest BCUT2D eigenvalue weighted by Gasteiger charge is -2.30. The van der Waals surface area contributed by atoms with Gasteiger partial charge in [-0.3, -0.25) is 0 Å². The minimum Gasteiger partial charge on any atom is -0.337 e. The van der Waals surface area contributed by atoms with E-state index >= 15 is 0 Å². The first-order valence-corrected chi connectivity index (χ1v) is 10.8. The second-order valence-corrected chi connectivity index (χ2v) is 8.50. The fraction of sp³-hybridized carbons (Fsp3) is 0.160. The summed E-state index contributed by atoms with van der Waals surface area (Å²) in [6, 6.07) is 22.7. The van der Waals surface area contributed by atoms with Gasteiger partial charge in [0, 0.05) is 29.1 Å². The molecule has 3 heterocycles. The number of anilines is 1. The molecule has 5 aromatic rings. The summed E-state index contributed by atoms with van der Waals surface area (Å²) in [5.74, 6) is 1.65. The number of aromatic nitrogens is 4. The van der Waals surface area contributed by atoms with Gasteiger partial charge in [0.15, 0.2) is 11.5 Å². The Labute approximate surface area is 184 Å². The zero-order valence-corrected chi connectivity index (χ0v) is 17.8. The van der Waals surface area contributed by atoms with Gasteiger partial charge >= 0.3 is 0 Å². The third-order valence-electron chi connectivity index (χ3n) is 5.97. The van der Waals surface area contributed by atoms with Gasteiger partial charge < -0.3 is 4.90 Å². The van der Waals surface area contributed by atoms with E-state index in [9.17, 15) is 0 Å². The highest BCUT2D eigenvalue weighted by Crippen LogP contribution is 2.32. The molecule has 0 fully saturated rings. The molecule has 31 heavy (non-hydrogen) atoms. The second kappa shape index (κ2) is 7.06. The molecule has 2 aromatic heterocycles. The van der Waals surface area contributed by atoms with Crippen LogP contribution in [0.25, 0.3) is 27.9 Å². The highest BCUT2D eigenvalue weighted by molar-refractivity contribution is 6.31. The molecule has 0 N–H and O–H groups in total. The Morgan fingerprint density at radius 3 is 2.65 bits per heavy atom. The van der Waals surface area contributed by atoms with E-state index in [1.165, 1.54) is 16.7 Å². The average molecular weight is 426 g/mol. The smallest absolute Gasteiger partial charge is 0.214 e. The molecule has 0 bridgehead atoms. The number of hydrogen-bond donors (Lipinski definition) is 0. The van der Waals surface area contributed by atoms with E-state index in [1.807, 2.05) is 18.2 Å². The maximum atomic E-state index is 6.30. The van der Waals surface area contributed by atoms with Gasteiger partial charge in [-0.25, -0.2) is 9.38 Å². The molecule has 0 unspecified atom stereocenters. The van der Waals surface area contributed by atoms with Gasteiger partial charge in [-0.2, -0.15) is 0 Å². The van der Waals surface area contributed by atoms with Crippen LogP contribution in [0.1, 0.15) is 16.7 Å². The fourth-order valence-corrected chi connectivity index (χ4v) is 4.61. The normalized spacial score (nSPS) is 13.7. The molecule has 6 rings (SSSR count). The van der Waals surface area contributed by atoms with Crippen molar-refractivity contribution in [2.75, 3.05) is 11.4 Å². The highest BCUT2D eigenvalue weighted by Gasteiger charge is 2.23. The van der Waals surface area contributed by atoms with Crippen molar-refractivity contribution < 1.29 is 0 Å². The summed E-state index contributed by atoms with van der Waals surface area (Å²) in [5.41, 5.74) is 6.58. The van der Waals surface area contributed by atoms with Crippen molar-refractivity contribution in [2.24, 2.45) is 0 Å². The topological polar surface area (TPSA) is 46.3 Å². The molecule has 0 spiro atoms. The van der Waals surface area contributed by atoms with Gasteiger partial charge in [0.2, 0.25) is 5.95 Å². The van der Waals surface area contributed by atoms with Crippen LogP contribution in [0.15, 0.2) is 66.7 Å². The maximum absolute atomic E-state index is 6.30. The van der Waals surface area contributed by atoms with E-state index in [1.54, 1.807) is 0 Å². The minimum absolute atomic E-state index is 0.665. The van der Waals surface area contributed by atoms with Gasteiger partial charge in [-0.15, -0.1) is 10.2 Å². The largest absolute Gasteiger partial charge is 0.337 e. The lowest BCUT2D eigenvalue weighted by Crippen LogP contribution is -2.32. The van der Waals surface area contributed by atoms with Crippen LogP contribution in [0.5, 0.6) is 0 Å². The predicted molar refractivity (Wildman–Crippen MR) is 125 cm³/mol. The number of aryl methyl sites for hydroxylation is 1. The van der Waals surface area contributed by atoms with Crippen LogP contribution in [0.3, 0.4) is 0 Å². The van der Waals surface area contributed by atoms with E-state index in [2.05, 4.69) is 75.0 Å². The van der Waals surface area contributed by atoms with E-state index in [-0.39, 0.29) is 0 Å². The molecule has 0 aliphatic carbocycles. The fourth-order valence-electron chi connectivity index (χ4n) is 4.44. The summed E-state index contributed by atoms with van der Waals surface area (Å²) in [6.07, 6.45) is 0.981. The Kier molecular flexibility index (Phi) is 4.18. The van der Waals surface area contributed by atoms with Crippen molar-refractivity contribution >= 4 is 34.1 Å². The highest BCUT2D eigenvalue weighted by atomic mass is 35.5. The number of halogens is 1. The van der Waals surface area contributed by atoms with E-state index in [4.69, 9.17) is 16.6 Å². The number of hydrogen-bond acceptors (Lipinski definition) is 4. The summed E-state index contributed by atoms with van der Waals surface area (Å²) in [5, 5.41) is 10.8. The second-order valence-electron chi connectivity index (χ2n) is 8.07. The number of fused-ring (bicyclic) bond motifs is 4. The molecule has 3 aromatic carbocycles. The van der Waals surface area contributed by atoms with Crippen LogP contribution < -0.4 is 4.90 Å². The average Bonchev–Trinajstić information content (AvgIpc) is 3.23. The van der Waals surface area contributed by atoms with Gasteiger partial charge in [0.1, 0.15) is 0 Å². The van der Waals surface area contributed by atoms with Crippen LogP contribution in [-0.4, -0.2) is 26.1 Å². The Morgan fingerprint density at radius 2 is 1.77 bits per heavy atom. The Morgan fingerprint density at radius 1 is 0.903 bits per heavy atom. The monoisotopic (exact) mass is 425 g/mol. The zero-order valence-electron chi connectivity index (χ0n) is 17.1. The Hall–Kier alpha value is -3.44. The first-order valence-electron chi connectivity index (χ1n) is 10.4. The van der Waals surface area contributed by atoms with Gasteiger partial charge in [-0.05, 0) is 48.7 Å².